The molecule has 0 atom stereocenters. The average Bonchev–Trinajstić information content (AvgIpc) is 2.03. The summed E-state index contributed by atoms with van der Waals surface area (Å²) in [5, 5.41) is 17.5. The van der Waals surface area contributed by atoms with Crippen molar-refractivity contribution < 1.29 is 10.2 Å². The van der Waals surface area contributed by atoms with Crippen LogP contribution in [0.5, 0.6) is 0 Å². The standard InChI is InChI=1S/C9H11O2/c1-7-2-8(5-10)4-9(3-7)6-11/h2-4,10-11H,1,5-6H2. The van der Waals surface area contributed by atoms with E-state index in [1.54, 1.807) is 18.2 Å². The maximum atomic E-state index is 8.77. The lowest BCUT2D eigenvalue weighted by atomic mass is 10.1. The Morgan fingerprint density at radius 3 is 1.82 bits per heavy atom. The molecule has 59 valence electrons. The van der Waals surface area contributed by atoms with Gasteiger partial charge in [0.15, 0.2) is 0 Å². The molecule has 0 saturated heterocycles. The van der Waals surface area contributed by atoms with Crippen LogP contribution in [0.4, 0.5) is 0 Å². The van der Waals surface area contributed by atoms with Gasteiger partial charge in [0, 0.05) is 0 Å². The van der Waals surface area contributed by atoms with E-state index in [-0.39, 0.29) is 13.2 Å². The summed E-state index contributed by atoms with van der Waals surface area (Å²) in [5.41, 5.74) is 2.41. The Morgan fingerprint density at radius 2 is 1.45 bits per heavy atom. The van der Waals surface area contributed by atoms with Crippen LogP contribution < -0.4 is 0 Å². The third-order valence-corrected chi connectivity index (χ3v) is 1.48. The molecule has 0 saturated carbocycles. The van der Waals surface area contributed by atoms with E-state index in [1.807, 2.05) is 0 Å². The third-order valence-electron chi connectivity index (χ3n) is 1.48. The number of hydrogen-bond donors (Lipinski definition) is 2. The molecule has 0 heterocycles. The van der Waals surface area contributed by atoms with Gasteiger partial charge < -0.3 is 10.2 Å². The van der Waals surface area contributed by atoms with Gasteiger partial charge in [-0.15, -0.1) is 0 Å². The molecule has 0 bridgehead atoms. The molecule has 1 aromatic rings. The van der Waals surface area contributed by atoms with Gasteiger partial charge in [-0.05, 0) is 23.6 Å². The number of benzene rings is 1. The van der Waals surface area contributed by atoms with Crippen molar-refractivity contribution >= 4 is 0 Å². The maximum Gasteiger partial charge on any atom is 0.0682 e. The second kappa shape index (κ2) is 3.51. The Balaban J connectivity index is 3.02. The lowest BCUT2D eigenvalue weighted by Gasteiger charge is -2.01. The zero-order valence-corrected chi connectivity index (χ0v) is 6.25. The minimum Gasteiger partial charge on any atom is -0.392 e. The van der Waals surface area contributed by atoms with Crippen molar-refractivity contribution in [3.8, 4) is 0 Å². The molecule has 0 aliphatic heterocycles. The summed E-state index contributed by atoms with van der Waals surface area (Å²) in [7, 11) is 0. The zero-order valence-electron chi connectivity index (χ0n) is 6.25. The van der Waals surface area contributed by atoms with Gasteiger partial charge in [0.25, 0.3) is 0 Å². The summed E-state index contributed by atoms with van der Waals surface area (Å²) < 4.78 is 0. The second-order valence-electron chi connectivity index (χ2n) is 2.47. The number of aliphatic hydroxyl groups is 2. The first-order valence-corrected chi connectivity index (χ1v) is 3.43. The predicted octanol–water partition coefficient (Wildman–Crippen LogP) is 0.853. The van der Waals surface area contributed by atoms with Gasteiger partial charge in [-0.25, -0.2) is 0 Å². The van der Waals surface area contributed by atoms with E-state index in [0.29, 0.717) is 0 Å². The van der Waals surface area contributed by atoms with Gasteiger partial charge in [0.05, 0.1) is 13.2 Å². The Bertz CT molecular complexity index is 221. The highest BCUT2D eigenvalue weighted by Crippen LogP contribution is 2.09. The topological polar surface area (TPSA) is 40.5 Å². The molecule has 2 nitrogen and oxygen atoms in total. The first-order valence-electron chi connectivity index (χ1n) is 3.43. The van der Waals surface area contributed by atoms with E-state index in [9.17, 15) is 0 Å². The molecule has 2 N–H and O–H groups in total. The van der Waals surface area contributed by atoms with E-state index in [0.717, 1.165) is 16.7 Å². The lowest BCUT2D eigenvalue weighted by Crippen LogP contribution is -1.89. The fraction of sp³-hybridized carbons (Fsp3) is 0.222. The molecule has 0 unspecified atom stereocenters. The Labute approximate surface area is 66.1 Å². The van der Waals surface area contributed by atoms with E-state index >= 15 is 0 Å². The quantitative estimate of drug-likeness (QED) is 0.658. The fourth-order valence-corrected chi connectivity index (χ4v) is 1.02. The summed E-state index contributed by atoms with van der Waals surface area (Å²) in [4.78, 5) is 0. The van der Waals surface area contributed by atoms with Crippen molar-refractivity contribution in [3.63, 3.8) is 0 Å². The number of rotatable bonds is 2. The van der Waals surface area contributed by atoms with E-state index in [1.165, 1.54) is 0 Å². The summed E-state index contributed by atoms with van der Waals surface area (Å²) in [5.74, 6) is 0. The molecule has 0 amide bonds. The fourth-order valence-electron chi connectivity index (χ4n) is 1.02. The van der Waals surface area contributed by atoms with Crippen LogP contribution in [0.1, 0.15) is 16.7 Å². The molecule has 0 aliphatic rings. The Hall–Kier alpha value is -0.860. The molecule has 0 aliphatic carbocycles. The first kappa shape index (κ1) is 8.24. The minimum absolute atomic E-state index is 0.00361. The van der Waals surface area contributed by atoms with Crippen LogP contribution in [0, 0.1) is 6.92 Å². The van der Waals surface area contributed by atoms with Crippen LogP contribution in [-0.4, -0.2) is 10.2 Å². The van der Waals surface area contributed by atoms with E-state index in [4.69, 9.17) is 10.2 Å². The van der Waals surface area contributed by atoms with Gasteiger partial charge in [0.2, 0.25) is 0 Å². The predicted molar refractivity (Wildman–Crippen MR) is 42.7 cm³/mol. The van der Waals surface area contributed by atoms with Gasteiger partial charge in [-0.3, -0.25) is 0 Å². The highest BCUT2D eigenvalue weighted by molar-refractivity contribution is 5.30. The van der Waals surface area contributed by atoms with Crippen molar-refractivity contribution in [3.05, 3.63) is 41.8 Å². The van der Waals surface area contributed by atoms with Gasteiger partial charge in [-0.1, -0.05) is 18.2 Å². The van der Waals surface area contributed by atoms with Gasteiger partial charge in [-0.2, -0.15) is 0 Å². The monoisotopic (exact) mass is 151 g/mol. The zero-order chi connectivity index (χ0) is 8.27. The number of aliphatic hydroxyl groups excluding tert-OH is 2. The Kier molecular flexibility index (Phi) is 2.63. The summed E-state index contributed by atoms with van der Waals surface area (Å²) in [6, 6.07) is 5.34. The first-order chi connectivity index (χ1) is 5.26. The molecular formula is C9H11O2. The van der Waals surface area contributed by atoms with Crippen LogP contribution in [0.15, 0.2) is 18.2 Å². The van der Waals surface area contributed by atoms with Crippen LogP contribution in [-0.2, 0) is 13.2 Å². The van der Waals surface area contributed by atoms with Crippen LogP contribution in [0.3, 0.4) is 0 Å². The molecule has 0 aromatic heterocycles. The summed E-state index contributed by atoms with van der Waals surface area (Å²) in [6.45, 7) is 3.71. The third kappa shape index (κ3) is 2.03. The van der Waals surface area contributed by atoms with Gasteiger partial charge >= 0.3 is 0 Å². The largest absolute Gasteiger partial charge is 0.392 e. The minimum atomic E-state index is -0.00361. The van der Waals surface area contributed by atoms with Crippen LogP contribution in [0.25, 0.3) is 0 Å². The van der Waals surface area contributed by atoms with Gasteiger partial charge in [0.1, 0.15) is 0 Å². The summed E-state index contributed by atoms with van der Waals surface area (Å²) >= 11 is 0. The molecule has 0 spiro atoms. The smallest absolute Gasteiger partial charge is 0.0682 e. The lowest BCUT2D eigenvalue weighted by molar-refractivity contribution is 0.275. The molecule has 11 heavy (non-hydrogen) atoms. The SMILES string of the molecule is [CH2]c1cc(CO)cc(CO)c1. The normalized spacial score (nSPS) is 10.1. The van der Waals surface area contributed by atoms with E-state index < -0.39 is 0 Å². The molecule has 1 rings (SSSR count). The maximum absolute atomic E-state index is 8.77. The summed E-state index contributed by atoms with van der Waals surface area (Å²) in [6.07, 6.45) is 0. The Morgan fingerprint density at radius 1 is 1.00 bits per heavy atom. The highest BCUT2D eigenvalue weighted by Gasteiger charge is 1.95. The molecule has 1 aromatic carbocycles. The molecular weight excluding hydrogens is 140 g/mol. The second-order valence-corrected chi connectivity index (χ2v) is 2.47. The van der Waals surface area contributed by atoms with Crippen molar-refractivity contribution in [1.29, 1.82) is 0 Å². The number of hydrogen-bond acceptors (Lipinski definition) is 2. The van der Waals surface area contributed by atoms with Crippen molar-refractivity contribution in [2.24, 2.45) is 0 Å². The molecule has 2 heteroatoms. The van der Waals surface area contributed by atoms with Crippen molar-refractivity contribution in [1.82, 2.24) is 0 Å². The van der Waals surface area contributed by atoms with Crippen LogP contribution >= 0.6 is 0 Å². The van der Waals surface area contributed by atoms with Crippen molar-refractivity contribution in [2.45, 2.75) is 13.2 Å². The highest BCUT2D eigenvalue weighted by atomic mass is 16.3. The van der Waals surface area contributed by atoms with Crippen LogP contribution in [0.2, 0.25) is 0 Å². The average molecular weight is 151 g/mol. The molecule has 0 fully saturated rings. The molecule has 1 radical (unpaired) electrons. The van der Waals surface area contributed by atoms with E-state index in [2.05, 4.69) is 6.92 Å². The van der Waals surface area contributed by atoms with Crippen molar-refractivity contribution in [2.75, 3.05) is 0 Å².